The van der Waals surface area contributed by atoms with Gasteiger partial charge in [-0.15, -0.1) is 0 Å². The summed E-state index contributed by atoms with van der Waals surface area (Å²) >= 11 is 0. The number of rotatable bonds is 3. The second-order valence-corrected chi connectivity index (χ2v) is 3.61. The smallest absolute Gasteiger partial charge is 0.00113 e. The SMILES string of the molecule is CC[C@@H](C)[C@H]1CC=CC1CN. The quantitative estimate of drug-likeness (QED) is 0.618. The molecule has 0 heterocycles. The lowest BCUT2D eigenvalue weighted by molar-refractivity contribution is 0.295. The zero-order chi connectivity index (χ0) is 8.27. The van der Waals surface area contributed by atoms with Gasteiger partial charge in [0.05, 0.1) is 0 Å². The molecule has 1 nitrogen and oxygen atoms in total. The summed E-state index contributed by atoms with van der Waals surface area (Å²) in [6, 6.07) is 0. The van der Waals surface area contributed by atoms with Crippen LogP contribution in [0.2, 0.25) is 0 Å². The first-order valence-corrected chi connectivity index (χ1v) is 4.66. The molecule has 1 unspecified atom stereocenters. The van der Waals surface area contributed by atoms with Crippen LogP contribution >= 0.6 is 0 Å². The van der Waals surface area contributed by atoms with Crippen LogP contribution in [0, 0.1) is 17.8 Å². The summed E-state index contributed by atoms with van der Waals surface area (Å²) in [5.74, 6) is 2.31. The van der Waals surface area contributed by atoms with E-state index in [0.717, 1.165) is 18.4 Å². The van der Waals surface area contributed by atoms with E-state index in [1.165, 1.54) is 12.8 Å². The molecule has 1 aliphatic carbocycles. The number of nitrogens with two attached hydrogens (primary N) is 1. The zero-order valence-corrected chi connectivity index (χ0v) is 7.59. The summed E-state index contributed by atoms with van der Waals surface area (Å²) in [7, 11) is 0. The van der Waals surface area contributed by atoms with Crippen molar-refractivity contribution in [2.75, 3.05) is 6.54 Å². The minimum Gasteiger partial charge on any atom is -0.330 e. The van der Waals surface area contributed by atoms with Crippen LogP contribution in [0.25, 0.3) is 0 Å². The lowest BCUT2D eigenvalue weighted by Crippen LogP contribution is -2.23. The van der Waals surface area contributed by atoms with E-state index in [1.807, 2.05) is 0 Å². The van der Waals surface area contributed by atoms with Crippen molar-refractivity contribution in [2.24, 2.45) is 23.5 Å². The van der Waals surface area contributed by atoms with Crippen molar-refractivity contribution in [1.82, 2.24) is 0 Å². The molecule has 0 aromatic carbocycles. The summed E-state index contributed by atoms with van der Waals surface area (Å²) < 4.78 is 0. The Morgan fingerprint density at radius 3 is 2.91 bits per heavy atom. The van der Waals surface area contributed by atoms with Crippen molar-refractivity contribution in [3.63, 3.8) is 0 Å². The first-order chi connectivity index (χ1) is 5.29. The summed E-state index contributed by atoms with van der Waals surface area (Å²) in [4.78, 5) is 0. The van der Waals surface area contributed by atoms with E-state index in [0.29, 0.717) is 5.92 Å². The molecule has 11 heavy (non-hydrogen) atoms. The van der Waals surface area contributed by atoms with Crippen molar-refractivity contribution >= 4 is 0 Å². The first-order valence-electron chi connectivity index (χ1n) is 4.66. The fourth-order valence-corrected chi connectivity index (χ4v) is 1.94. The Bertz CT molecular complexity index is 140. The lowest BCUT2D eigenvalue weighted by atomic mass is 9.83. The second-order valence-electron chi connectivity index (χ2n) is 3.61. The molecule has 0 radical (unpaired) electrons. The molecule has 2 N–H and O–H groups in total. The predicted octanol–water partition coefficient (Wildman–Crippen LogP) is 2.18. The van der Waals surface area contributed by atoms with Gasteiger partial charge >= 0.3 is 0 Å². The third-order valence-corrected chi connectivity index (χ3v) is 2.99. The van der Waals surface area contributed by atoms with Gasteiger partial charge in [-0.1, -0.05) is 32.4 Å². The van der Waals surface area contributed by atoms with Crippen LogP contribution in [0.4, 0.5) is 0 Å². The van der Waals surface area contributed by atoms with E-state index in [-0.39, 0.29) is 0 Å². The number of allylic oxidation sites excluding steroid dienone is 1. The van der Waals surface area contributed by atoms with Crippen molar-refractivity contribution in [2.45, 2.75) is 26.7 Å². The molecule has 0 aliphatic heterocycles. The molecular weight excluding hydrogens is 134 g/mol. The van der Waals surface area contributed by atoms with E-state index in [1.54, 1.807) is 0 Å². The first kappa shape index (κ1) is 8.79. The average Bonchev–Trinajstić information content (AvgIpc) is 2.50. The minimum absolute atomic E-state index is 0.657. The van der Waals surface area contributed by atoms with Crippen LogP contribution in [0.3, 0.4) is 0 Å². The largest absolute Gasteiger partial charge is 0.330 e. The normalized spacial score (nSPS) is 32.6. The molecule has 0 saturated heterocycles. The topological polar surface area (TPSA) is 26.0 Å². The van der Waals surface area contributed by atoms with Gasteiger partial charge in [0.1, 0.15) is 0 Å². The van der Waals surface area contributed by atoms with Crippen molar-refractivity contribution in [3.8, 4) is 0 Å². The van der Waals surface area contributed by atoms with Crippen molar-refractivity contribution in [1.29, 1.82) is 0 Å². The van der Waals surface area contributed by atoms with E-state index in [2.05, 4.69) is 26.0 Å². The van der Waals surface area contributed by atoms with E-state index < -0.39 is 0 Å². The summed E-state index contributed by atoms with van der Waals surface area (Å²) in [6.07, 6.45) is 7.10. The van der Waals surface area contributed by atoms with Crippen LogP contribution in [0.5, 0.6) is 0 Å². The monoisotopic (exact) mass is 153 g/mol. The highest BCUT2D eigenvalue weighted by molar-refractivity contribution is 5.02. The van der Waals surface area contributed by atoms with Gasteiger partial charge in [-0.05, 0) is 30.7 Å². The predicted molar refractivity (Wildman–Crippen MR) is 49.2 cm³/mol. The van der Waals surface area contributed by atoms with E-state index in [4.69, 9.17) is 5.73 Å². The Morgan fingerprint density at radius 2 is 2.36 bits per heavy atom. The van der Waals surface area contributed by atoms with Crippen LogP contribution in [-0.4, -0.2) is 6.54 Å². The number of hydrogen-bond donors (Lipinski definition) is 1. The van der Waals surface area contributed by atoms with Crippen LogP contribution < -0.4 is 5.73 Å². The van der Waals surface area contributed by atoms with Gasteiger partial charge in [0, 0.05) is 0 Å². The Labute approximate surface area is 69.7 Å². The molecule has 1 rings (SSSR count). The maximum atomic E-state index is 5.67. The van der Waals surface area contributed by atoms with E-state index in [9.17, 15) is 0 Å². The number of hydrogen-bond acceptors (Lipinski definition) is 1. The van der Waals surface area contributed by atoms with Crippen LogP contribution in [0.1, 0.15) is 26.7 Å². The van der Waals surface area contributed by atoms with Crippen LogP contribution in [0.15, 0.2) is 12.2 Å². The van der Waals surface area contributed by atoms with E-state index >= 15 is 0 Å². The Hall–Kier alpha value is -0.300. The second kappa shape index (κ2) is 3.91. The molecule has 0 amide bonds. The molecule has 0 saturated carbocycles. The lowest BCUT2D eigenvalue weighted by Gasteiger charge is -2.23. The van der Waals surface area contributed by atoms with Crippen molar-refractivity contribution in [3.05, 3.63) is 12.2 Å². The maximum Gasteiger partial charge on any atom is -0.00113 e. The van der Waals surface area contributed by atoms with Gasteiger partial charge in [0.2, 0.25) is 0 Å². The molecule has 0 fully saturated rings. The molecule has 0 bridgehead atoms. The van der Waals surface area contributed by atoms with Crippen LogP contribution in [-0.2, 0) is 0 Å². The summed E-state index contributed by atoms with van der Waals surface area (Å²) in [5, 5.41) is 0. The van der Waals surface area contributed by atoms with Crippen molar-refractivity contribution < 1.29 is 0 Å². The standard InChI is InChI=1S/C10H19N/c1-3-8(2)10-6-4-5-9(10)7-11/h4-5,8-10H,3,6-7,11H2,1-2H3/t8-,9?,10-/m1/s1. The molecule has 0 aromatic heterocycles. The highest BCUT2D eigenvalue weighted by atomic mass is 14.6. The van der Waals surface area contributed by atoms with Gasteiger partial charge in [0.25, 0.3) is 0 Å². The highest BCUT2D eigenvalue weighted by Crippen LogP contribution is 2.32. The average molecular weight is 153 g/mol. The molecule has 1 heteroatoms. The molecule has 3 atom stereocenters. The Kier molecular flexibility index (Phi) is 3.13. The van der Waals surface area contributed by atoms with Gasteiger partial charge in [0.15, 0.2) is 0 Å². The minimum atomic E-state index is 0.657. The van der Waals surface area contributed by atoms with Gasteiger partial charge in [-0.25, -0.2) is 0 Å². The molecule has 1 aliphatic rings. The molecule has 0 aromatic rings. The fourth-order valence-electron chi connectivity index (χ4n) is 1.94. The van der Waals surface area contributed by atoms with Gasteiger partial charge in [-0.2, -0.15) is 0 Å². The summed E-state index contributed by atoms with van der Waals surface area (Å²) in [5.41, 5.74) is 5.67. The highest BCUT2D eigenvalue weighted by Gasteiger charge is 2.25. The molecule has 64 valence electrons. The third-order valence-electron chi connectivity index (χ3n) is 2.99. The summed E-state index contributed by atoms with van der Waals surface area (Å²) in [6.45, 7) is 5.42. The third kappa shape index (κ3) is 1.84. The van der Waals surface area contributed by atoms with Gasteiger partial charge in [-0.3, -0.25) is 0 Å². The zero-order valence-electron chi connectivity index (χ0n) is 7.59. The Morgan fingerprint density at radius 1 is 1.64 bits per heavy atom. The maximum absolute atomic E-state index is 5.67. The molecule has 0 spiro atoms. The fraction of sp³-hybridized carbons (Fsp3) is 0.800. The molecular formula is C10H19N. The van der Waals surface area contributed by atoms with Gasteiger partial charge < -0.3 is 5.73 Å². The Balaban J connectivity index is 2.46.